The van der Waals surface area contributed by atoms with Crippen molar-refractivity contribution in [1.29, 1.82) is 5.26 Å². The number of anilines is 1. The molecule has 0 aliphatic carbocycles. The van der Waals surface area contributed by atoms with Crippen molar-refractivity contribution in [3.8, 4) is 34.5 Å². The van der Waals surface area contributed by atoms with E-state index in [2.05, 4.69) is 38.3 Å². The monoisotopic (exact) mass is 432 g/mol. The fraction of sp³-hybridized carbons (Fsp3) is 0.190. The minimum Gasteiger partial charge on any atom is -0.483 e. The number of carbonyl (C=O) groups is 1. The molecule has 11 nitrogen and oxygen atoms in total. The Bertz CT molecular complexity index is 1280. The smallest absolute Gasteiger partial charge is 0.316 e. The van der Waals surface area contributed by atoms with Gasteiger partial charge in [-0.3, -0.25) is 4.79 Å². The Kier molecular flexibility index (Phi) is 6.87. The van der Waals surface area contributed by atoms with E-state index in [0.29, 0.717) is 16.8 Å². The SMILES string of the molecule is CCCn1nnc2cc(-c3cc(-c4cnc(OC)nc4)c(C#N)c(N)n3)ccc21.O=CO. The fourth-order valence-electron chi connectivity index (χ4n) is 3.13. The number of rotatable bonds is 5. The van der Waals surface area contributed by atoms with Crippen LogP contribution in [0.5, 0.6) is 6.01 Å². The second-order valence-electron chi connectivity index (χ2n) is 6.51. The molecule has 0 spiro atoms. The first-order valence-electron chi connectivity index (χ1n) is 9.54. The van der Waals surface area contributed by atoms with Crippen LogP contribution in [-0.4, -0.2) is 48.6 Å². The zero-order valence-corrected chi connectivity index (χ0v) is 17.4. The van der Waals surface area contributed by atoms with Crippen molar-refractivity contribution in [2.45, 2.75) is 19.9 Å². The molecular formula is C21H20N8O3. The number of carboxylic acid groups (broad SMARTS) is 1. The summed E-state index contributed by atoms with van der Waals surface area (Å²) in [6.07, 6.45) is 4.15. The summed E-state index contributed by atoms with van der Waals surface area (Å²) in [4.78, 5) is 21.0. The third kappa shape index (κ3) is 4.44. The minimum absolute atomic E-state index is 0.144. The molecule has 0 aliphatic rings. The molecule has 4 rings (SSSR count). The Morgan fingerprint density at radius 2 is 1.97 bits per heavy atom. The molecule has 3 N–H and O–H groups in total. The van der Waals surface area contributed by atoms with Crippen LogP contribution in [0.4, 0.5) is 5.82 Å². The molecule has 0 saturated heterocycles. The van der Waals surface area contributed by atoms with Crippen molar-refractivity contribution in [1.82, 2.24) is 29.9 Å². The summed E-state index contributed by atoms with van der Waals surface area (Å²) in [5.74, 6) is 0.144. The Morgan fingerprint density at radius 1 is 1.25 bits per heavy atom. The molecule has 1 aromatic carbocycles. The summed E-state index contributed by atoms with van der Waals surface area (Å²) < 4.78 is 6.87. The van der Waals surface area contributed by atoms with Gasteiger partial charge in [0.1, 0.15) is 23.0 Å². The van der Waals surface area contributed by atoms with E-state index in [-0.39, 0.29) is 23.9 Å². The first kappa shape index (κ1) is 22.1. The maximum atomic E-state index is 9.56. The Hall–Kier alpha value is -4.59. The van der Waals surface area contributed by atoms with Gasteiger partial charge in [0.25, 0.3) is 6.47 Å². The van der Waals surface area contributed by atoms with Crippen LogP contribution in [0.25, 0.3) is 33.4 Å². The zero-order valence-electron chi connectivity index (χ0n) is 17.4. The quantitative estimate of drug-likeness (QED) is 0.447. The highest BCUT2D eigenvalue weighted by Gasteiger charge is 2.15. The van der Waals surface area contributed by atoms with Crippen molar-refractivity contribution in [2.75, 3.05) is 12.8 Å². The molecule has 3 heterocycles. The number of nitriles is 1. The van der Waals surface area contributed by atoms with Crippen molar-refractivity contribution >= 4 is 23.3 Å². The van der Waals surface area contributed by atoms with Crippen molar-refractivity contribution in [2.24, 2.45) is 0 Å². The van der Waals surface area contributed by atoms with Gasteiger partial charge in [-0.25, -0.2) is 19.6 Å². The molecule has 32 heavy (non-hydrogen) atoms. The van der Waals surface area contributed by atoms with Crippen LogP contribution in [0.2, 0.25) is 0 Å². The van der Waals surface area contributed by atoms with Gasteiger partial charge >= 0.3 is 6.01 Å². The second-order valence-corrected chi connectivity index (χ2v) is 6.51. The van der Waals surface area contributed by atoms with Gasteiger partial charge in [-0.2, -0.15) is 5.26 Å². The predicted molar refractivity (Wildman–Crippen MR) is 116 cm³/mol. The number of hydrogen-bond donors (Lipinski definition) is 2. The first-order chi connectivity index (χ1) is 15.6. The maximum Gasteiger partial charge on any atom is 0.316 e. The molecule has 3 aromatic heterocycles. The number of benzene rings is 1. The van der Waals surface area contributed by atoms with Gasteiger partial charge in [0.15, 0.2) is 0 Å². The van der Waals surface area contributed by atoms with Crippen LogP contribution >= 0.6 is 0 Å². The van der Waals surface area contributed by atoms with E-state index >= 15 is 0 Å². The molecule has 0 amide bonds. The van der Waals surface area contributed by atoms with E-state index < -0.39 is 0 Å². The highest BCUT2D eigenvalue weighted by molar-refractivity contribution is 5.84. The topological polar surface area (TPSA) is 166 Å². The first-order valence-corrected chi connectivity index (χ1v) is 9.54. The van der Waals surface area contributed by atoms with E-state index in [4.69, 9.17) is 20.4 Å². The highest BCUT2D eigenvalue weighted by Crippen LogP contribution is 2.31. The molecule has 0 radical (unpaired) electrons. The number of ether oxygens (including phenoxy) is 1. The molecule has 0 atom stereocenters. The van der Waals surface area contributed by atoms with Crippen LogP contribution in [0.15, 0.2) is 36.7 Å². The van der Waals surface area contributed by atoms with Gasteiger partial charge in [-0.05, 0) is 24.6 Å². The number of aromatic nitrogens is 6. The van der Waals surface area contributed by atoms with E-state index in [1.165, 1.54) is 7.11 Å². The summed E-state index contributed by atoms with van der Waals surface area (Å²) in [5, 5.41) is 24.9. The molecule has 0 unspecified atom stereocenters. The van der Waals surface area contributed by atoms with Crippen LogP contribution < -0.4 is 10.5 Å². The lowest BCUT2D eigenvalue weighted by molar-refractivity contribution is -0.122. The number of nitrogens with zero attached hydrogens (tertiary/aromatic N) is 7. The summed E-state index contributed by atoms with van der Waals surface area (Å²) in [6.45, 7) is 2.65. The van der Waals surface area contributed by atoms with Crippen LogP contribution in [-0.2, 0) is 11.3 Å². The lowest BCUT2D eigenvalue weighted by atomic mass is 10.0. The standard InChI is InChI=1S/C20H18N8O.CH2O2/c1-3-6-28-18-5-4-12(7-17(18)26-27-28)16-8-14(15(9-21)19(22)25-16)13-10-23-20(29-2)24-11-13;2-1-3/h4-5,7-8,10-11H,3,6H2,1-2H3,(H2,22,25);1H,(H,2,3). The third-order valence-electron chi connectivity index (χ3n) is 4.53. The molecule has 0 saturated carbocycles. The molecule has 0 fully saturated rings. The summed E-state index contributed by atoms with van der Waals surface area (Å²) in [5.41, 5.74) is 10.8. The molecule has 4 aromatic rings. The van der Waals surface area contributed by atoms with E-state index in [1.54, 1.807) is 18.5 Å². The van der Waals surface area contributed by atoms with Gasteiger partial charge in [0.2, 0.25) is 0 Å². The summed E-state index contributed by atoms with van der Waals surface area (Å²) in [7, 11) is 1.49. The average Bonchev–Trinajstić information content (AvgIpc) is 3.21. The normalized spacial score (nSPS) is 10.2. The van der Waals surface area contributed by atoms with Crippen LogP contribution in [0, 0.1) is 11.3 Å². The van der Waals surface area contributed by atoms with Gasteiger partial charge in [0.05, 0.1) is 18.3 Å². The predicted octanol–water partition coefficient (Wildman–Crippen LogP) is 2.52. The third-order valence-corrected chi connectivity index (χ3v) is 4.53. The summed E-state index contributed by atoms with van der Waals surface area (Å²) >= 11 is 0. The molecule has 162 valence electrons. The molecule has 11 heteroatoms. The van der Waals surface area contributed by atoms with E-state index in [9.17, 15) is 5.26 Å². The Balaban J connectivity index is 0.000000913. The largest absolute Gasteiger partial charge is 0.483 e. The van der Waals surface area contributed by atoms with Gasteiger partial charge < -0.3 is 15.6 Å². The van der Waals surface area contributed by atoms with Crippen LogP contribution in [0.3, 0.4) is 0 Å². The van der Waals surface area contributed by atoms with Crippen molar-refractivity contribution in [3.05, 3.63) is 42.2 Å². The summed E-state index contributed by atoms with van der Waals surface area (Å²) in [6, 6.07) is 9.99. The lowest BCUT2D eigenvalue weighted by Crippen LogP contribution is -2.01. The second kappa shape index (κ2) is 9.94. The fourth-order valence-corrected chi connectivity index (χ4v) is 3.13. The molecular weight excluding hydrogens is 412 g/mol. The zero-order chi connectivity index (χ0) is 23.1. The van der Waals surface area contributed by atoms with Crippen molar-refractivity contribution in [3.63, 3.8) is 0 Å². The number of nitrogens with two attached hydrogens (primary N) is 1. The Labute approximate surface area is 183 Å². The van der Waals surface area contributed by atoms with E-state index in [1.807, 2.05) is 22.9 Å². The molecule has 0 aliphatic heterocycles. The average molecular weight is 432 g/mol. The van der Waals surface area contributed by atoms with E-state index in [0.717, 1.165) is 29.6 Å². The minimum atomic E-state index is -0.250. The number of fused-ring (bicyclic) bond motifs is 1. The number of methoxy groups -OCH3 is 1. The van der Waals surface area contributed by atoms with Crippen molar-refractivity contribution < 1.29 is 14.6 Å². The maximum absolute atomic E-state index is 9.56. The number of hydrogen-bond acceptors (Lipinski definition) is 9. The number of pyridine rings is 1. The lowest BCUT2D eigenvalue weighted by Gasteiger charge is -2.10. The Morgan fingerprint density at radius 3 is 2.59 bits per heavy atom. The highest BCUT2D eigenvalue weighted by atomic mass is 16.5. The number of nitrogen functional groups attached to an aromatic ring is 1. The van der Waals surface area contributed by atoms with Gasteiger partial charge in [-0.15, -0.1) is 5.10 Å². The molecule has 0 bridgehead atoms. The van der Waals surface area contributed by atoms with Gasteiger partial charge in [0, 0.05) is 35.6 Å². The van der Waals surface area contributed by atoms with Gasteiger partial charge in [-0.1, -0.05) is 18.2 Å². The van der Waals surface area contributed by atoms with Crippen LogP contribution in [0.1, 0.15) is 18.9 Å². The number of aryl methyl sites for hydroxylation is 1.